The Morgan fingerprint density at radius 2 is 2.15 bits per heavy atom. The fourth-order valence-corrected chi connectivity index (χ4v) is 3.87. The van der Waals surface area contributed by atoms with E-state index in [4.69, 9.17) is 10.6 Å². The number of rotatable bonds is 6. The summed E-state index contributed by atoms with van der Waals surface area (Å²) in [5.74, 6) is 3.80. The van der Waals surface area contributed by atoms with Crippen LogP contribution in [0.5, 0.6) is 0 Å². The van der Waals surface area contributed by atoms with Crippen LogP contribution in [0, 0.1) is 13.8 Å². The molecule has 2 N–H and O–H groups in total. The van der Waals surface area contributed by atoms with Gasteiger partial charge in [-0.2, -0.15) is 13.2 Å². The van der Waals surface area contributed by atoms with Gasteiger partial charge in [-0.25, -0.2) is 4.68 Å². The lowest BCUT2D eigenvalue weighted by Crippen LogP contribution is -2.21. The average Bonchev–Trinajstić information content (AvgIpc) is 3.29. The number of alkyl halides is 3. The van der Waals surface area contributed by atoms with Crippen LogP contribution < -0.4 is 5.84 Å². The lowest BCUT2D eigenvalue weighted by molar-refractivity contribution is -0.146. The number of thioether (sulfide) groups is 1. The first-order valence-electron chi connectivity index (χ1n) is 8.40. The zero-order valence-corrected chi connectivity index (χ0v) is 15.7. The minimum atomic E-state index is -4.70. The van der Waals surface area contributed by atoms with Gasteiger partial charge in [0.2, 0.25) is 5.16 Å². The Morgan fingerprint density at radius 3 is 2.74 bits per heavy atom. The summed E-state index contributed by atoms with van der Waals surface area (Å²) in [5.41, 5.74) is 2.30. The van der Waals surface area contributed by atoms with Crippen LogP contribution in [-0.4, -0.2) is 43.7 Å². The highest BCUT2D eigenvalue weighted by Crippen LogP contribution is 2.29. The number of Topliss-reactive ketones (excluding diaryl/α,β-unsaturated/α-hetero) is 1. The molecule has 1 fully saturated rings. The van der Waals surface area contributed by atoms with Crippen LogP contribution in [-0.2, 0) is 17.5 Å². The van der Waals surface area contributed by atoms with Crippen molar-refractivity contribution in [1.29, 1.82) is 0 Å². The van der Waals surface area contributed by atoms with Crippen molar-refractivity contribution in [2.45, 2.75) is 50.7 Å². The maximum Gasteiger partial charge on any atom is 0.453 e. The van der Waals surface area contributed by atoms with Gasteiger partial charge in [0.1, 0.15) is 0 Å². The highest BCUT2D eigenvalue weighted by molar-refractivity contribution is 7.99. The molecule has 0 amide bonds. The van der Waals surface area contributed by atoms with Gasteiger partial charge < -0.3 is 15.1 Å². The van der Waals surface area contributed by atoms with Gasteiger partial charge in [-0.15, -0.1) is 10.2 Å². The Kier molecular flexibility index (Phi) is 5.52. The van der Waals surface area contributed by atoms with Crippen LogP contribution in [0.1, 0.15) is 40.4 Å². The van der Waals surface area contributed by atoms with Crippen molar-refractivity contribution in [1.82, 2.24) is 19.4 Å². The molecule has 11 heteroatoms. The van der Waals surface area contributed by atoms with Gasteiger partial charge in [-0.05, 0) is 32.8 Å². The molecule has 0 spiro atoms. The first kappa shape index (κ1) is 19.7. The number of hydrogen-bond acceptors (Lipinski definition) is 6. The molecule has 27 heavy (non-hydrogen) atoms. The molecule has 148 valence electrons. The SMILES string of the molecule is Cc1cc(C(=O)CSc2nnc(C(F)(F)F)n2N)c(C)n1CC1CCCO1. The number of ketones is 1. The molecule has 0 aromatic carbocycles. The van der Waals surface area contributed by atoms with E-state index in [0.29, 0.717) is 16.8 Å². The van der Waals surface area contributed by atoms with Crippen LogP contribution in [0.25, 0.3) is 0 Å². The molecule has 0 radical (unpaired) electrons. The Bertz CT molecular complexity index is 840. The average molecular weight is 403 g/mol. The zero-order chi connectivity index (χ0) is 19.8. The lowest BCUT2D eigenvalue weighted by atomic mass is 10.2. The summed E-state index contributed by atoms with van der Waals surface area (Å²) in [6, 6.07) is 1.79. The summed E-state index contributed by atoms with van der Waals surface area (Å²) in [6.45, 7) is 5.21. The minimum Gasteiger partial charge on any atom is -0.376 e. The number of aromatic nitrogens is 4. The van der Waals surface area contributed by atoms with E-state index in [-0.39, 0.29) is 22.8 Å². The smallest absolute Gasteiger partial charge is 0.376 e. The fourth-order valence-electron chi connectivity index (χ4n) is 3.13. The summed E-state index contributed by atoms with van der Waals surface area (Å²) < 4.78 is 46.2. The van der Waals surface area contributed by atoms with Gasteiger partial charge in [0.05, 0.1) is 11.9 Å². The quantitative estimate of drug-likeness (QED) is 0.453. The number of nitrogen functional groups attached to an aromatic ring is 1. The highest BCUT2D eigenvalue weighted by Gasteiger charge is 2.38. The van der Waals surface area contributed by atoms with Gasteiger partial charge >= 0.3 is 6.18 Å². The molecule has 3 heterocycles. The minimum absolute atomic E-state index is 0.0859. The molecule has 2 aromatic heterocycles. The summed E-state index contributed by atoms with van der Waals surface area (Å²) in [6.07, 6.45) is -2.53. The summed E-state index contributed by atoms with van der Waals surface area (Å²) in [7, 11) is 0. The predicted octanol–water partition coefficient (Wildman–Crippen LogP) is 2.58. The number of aryl methyl sites for hydroxylation is 1. The molecule has 1 aliphatic heterocycles. The van der Waals surface area contributed by atoms with Crippen LogP contribution in [0.4, 0.5) is 13.2 Å². The van der Waals surface area contributed by atoms with Crippen molar-refractivity contribution >= 4 is 17.5 Å². The first-order chi connectivity index (χ1) is 12.7. The van der Waals surface area contributed by atoms with E-state index in [1.807, 2.05) is 18.4 Å². The fraction of sp³-hybridized carbons (Fsp3) is 0.562. The third kappa shape index (κ3) is 4.13. The van der Waals surface area contributed by atoms with Crippen molar-refractivity contribution < 1.29 is 22.7 Å². The van der Waals surface area contributed by atoms with Gasteiger partial charge in [0.15, 0.2) is 5.78 Å². The van der Waals surface area contributed by atoms with Crippen molar-refractivity contribution in [2.24, 2.45) is 0 Å². The number of hydrogen-bond donors (Lipinski definition) is 1. The van der Waals surface area contributed by atoms with Gasteiger partial charge in [-0.1, -0.05) is 11.8 Å². The molecule has 0 bridgehead atoms. The predicted molar refractivity (Wildman–Crippen MR) is 93.1 cm³/mol. The van der Waals surface area contributed by atoms with Crippen molar-refractivity contribution in [3.63, 3.8) is 0 Å². The maximum absolute atomic E-state index is 12.7. The molecule has 1 saturated heterocycles. The zero-order valence-electron chi connectivity index (χ0n) is 14.9. The van der Waals surface area contributed by atoms with Crippen LogP contribution in [0.15, 0.2) is 11.2 Å². The second kappa shape index (κ2) is 7.55. The van der Waals surface area contributed by atoms with Crippen LogP contribution in [0.3, 0.4) is 0 Å². The van der Waals surface area contributed by atoms with E-state index in [1.54, 1.807) is 6.07 Å². The Balaban J connectivity index is 1.69. The van der Waals surface area contributed by atoms with Gasteiger partial charge in [0, 0.05) is 30.1 Å². The third-order valence-electron chi connectivity index (χ3n) is 4.53. The van der Waals surface area contributed by atoms with Gasteiger partial charge in [-0.3, -0.25) is 4.79 Å². The number of nitrogens with two attached hydrogens (primary N) is 1. The van der Waals surface area contributed by atoms with Gasteiger partial charge in [0.25, 0.3) is 5.82 Å². The molecule has 0 aliphatic carbocycles. The van der Waals surface area contributed by atoms with E-state index in [9.17, 15) is 18.0 Å². The number of carbonyl (C=O) groups is 1. The van der Waals surface area contributed by atoms with E-state index in [0.717, 1.165) is 42.6 Å². The standard InChI is InChI=1S/C16H20F3N5O2S/c1-9-6-12(10(2)23(9)7-11-4-3-5-26-11)13(25)8-27-15-22-21-14(24(15)20)16(17,18)19/h6,11H,3-5,7-8,20H2,1-2H3. The molecule has 1 unspecified atom stereocenters. The number of halogens is 3. The molecule has 2 aromatic rings. The van der Waals surface area contributed by atoms with E-state index >= 15 is 0 Å². The Labute approximate surface area is 158 Å². The summed E-state index contributed by atoms with van der Waals surface area (Å²) in [4.78, 5) is 12.6. The molecule has 7 nitrogen and oxygen atoms in total. The van der Waals surface area contributed by atoms with E-state index < -0.39 is 12.0 Å². The van der Waals surface area contributed by atoms with E-state index in [1.165, 1.54) is 0 Å². The topological polar surface area (TPSA) is 88.0 Å². The normalized spacial score (nSPS) is 17.6. The second-order valence-electron chi connectivity index (χ2n) is 6.42. The second-order valence-corrected chi connectivity index (χ2v) is 7.36. The molecular weight excluding hydrogens is 383 g/mol. The Hall–Kier alpha value is -2.01. The third-order valence-corrected chi connectivity index (χ3v) is 5.48. The van der Waals surface area contributed by atoms with Crippen molar-refractivity contribution in [2.75, 3.05) is 18.2 Å². The molecular formula is C16H20F3N5O2S. The van der Waals surface area contributed by atoms with Crippen molar-refractivity contribution in [3.05, 3.63) is 28.8 Å². The summed E-state index contributed by atoms with van der Waals surface area (Å²) in [5, 5.41) is 6.30. The maximum atomic E-state index is 12.7. The van der Waals surface area contributed by atoms with Crippen LogP contribution in [0.2, 0.25) is 0 Å². The molecule has 1 aliphatic rings. The van der Waals surface area contributed by atoms with E-state index in [2.05, 4.69) is 10.2 Å². The molecule has 1 atom stereocenters. The number of nitrogens with zero attached hydrogens (tertiary/aromatic N) is 4. The summed E-state index contributed by atoms with van der Waals surface area (Å²) >= 11 is 0.825. The Morgan fingerprint density at radius 1 is 1.41 bits per heavy atom. The monoisotopic (exact) mass is 403 g/mol. The largest absolute Gasteiger partial charge is 0.453 e. The molecule has 0 saturated carbocycles. The number of ether oxygens (including phenoxy) is 1. The first-order valence-corrected chi connectivity index (χ1v) is 9.39. The lowest BCUT2D eigenvalue weighted by Gasteiger charge is -2.14. The number of carbonyl (C=O) groups excluding carboxylic acids is 1. The van der Waals surface area contributed by atoms with Crippen molar-refractivity contribution in [3.8, 4) is 0 Å². The molecule has 3 rings (SSSR count). The van der Waals surface area contributed by atoms with Crippen LogP contribution >= 0.6 is 11.8 Å². The highest BCUT2D eigenvalue weighted by atomic mass is 32.2.